The van der Waals surface area contributed by atoms with Gasteiger partial charge in [-0.2, -0.15) is 0 Å². The summed E-state index contributed by atoms with van der Waals surface area (Å²) in [5.41, 5.74) is 2.33. The maximum atomic E-state index is 9.13. The number of aliphatic hydroxyl groups is 1. The van der Waals surface area contributed by atoms with E-state index in [2.05, 4.69) is 31.8 Å². The minimum atomic E-state index is 0.00426. The van der Waals surface area contributed by atoms with Crippen molar-refractivity contribution < 1.29 is 5.11 Å². The van der Waals surface area contributed by atoms with Crippen LogP contribution in [0.4, 0.5) is 0 Å². The van der Waals surface area contributed by atoms with Crippen LogP contribution < -0.4 is 0 Å². The van der Waals surface area contributed by atoms with Crippen LogP contribution in [-0.2, 0) is 0 Å². The predicted molar refractivity (Wildman–Crippen MR) is 64.5 cm³/mol. The number of aliphatic hydroxyl groups excluding tert-OH is 1. The lowest BCUT2D eigenvalue weighted by molar-refractivity contribution is 0.240. The Balaban J connectivity index is 2.76. The first-order valence-corrected chi connectivity index (χ1v) is 5.34. The molecule has 0 bridgehead atoms. The van der Waals surface area contributed by atoms with Crippen molar-refractivity contribution in [3.63, 3.8) is 0 Å². The highest BCUT2D eigenvalue weighted by molar-refractivity contribution is 5.81. The van der Waals surface area contributed by atoms with E-state index in [0.717, 1.165) is 5.56 Å². The van der Waals surface area contributed by atoms with Crippen LogP contribution in [-0.4, -0.2) is 24.0 Å². The van der Waals surface area contributed by atoms with Gasteiger partial charge in [0.2, 0.25) is 0 Å². The number of nitrogens with zero attached hydrogens (tertiary/aromatic N) is 1. The molecule has 0 unspecified atom stereocenters. The summed E-state index contributed by atoms with van der Waals surface area (Å²) >= 11 is 0. The summed E-state index contributed by atoms with van der Waals surface area (Å²) in [5.74, 6) is 0.371. The lowest BCUT2D eigenvalue weighted by Gasteiger charge is -2.12. The molecule has 1 atom stereocenters. The summed E-state index contributed by atoms with van der Waals surface area (Å²) in [5, 5.41) is 9.13. The molecule has 2 heteroatoms. The molecule has 0 fully saturated rings. The maximum absolute atomic E-state index is 9.13. The van der Waals surface area contributed by atoms with Gasteiger partial charge in [0, 0.05) is 6.21 Å². The molecule has 1 N–H and O–H groups in total. The molecular weight excluding hydrogens is 186 g/mol. The second kappa shape index (κ2) is 5.66. The standard InChI is InChI=1S/C13H19NO/c1-10(2)13(9-15)14-8-12-7-5-4-6-11(12)3/h4-8,10,13,15H,9H2,1-3H3/t13-/m0/s1. The molecule has 0 saturated carbocycles. The summed E-state index contributed by atoms with van der Waals surface area (Å²) in [6, 6.07) is 8.11. The van der Waals surface area contributed by atoms with Gasteiger partial charge < -0.3 is 5.11 Å². The Kier molecular flexibility index (Phi) is 4.50. The van der Waals surface area contributed by atoms with Crippen LogP contribution in [0.2, 0.25) is 0 Å². The van der Waals surface area contributed by atoms with Gasteiger partial charge in [-0.05, 0) is 24.0 Å². The molecule has 15 heavy (non-hydrogen) atoms. The van der Waals surface area contributed by atoms with Crippen molar-refractivity contribution in [2.75, 3.05) is 6.61 Å². The third-order valence-corrected chi connectivity index (χ3v) is 2.55. The Morgan fingerprint density at radius 2 is 2.00 bits per heavy atom. The molecule has 0 aliphatic heterocycles. The first-order chi connectivity index (χ1) is 7.15. The SMILES string of the molecule is Cc1ccccc1C=N[C@@H](CO)C(C)C. The van der Waals surface area contributed by atoms with Gasteiger partial charge in [0.05, 0.1) is 12.6 Å². The summed E-state index contributed by atoms with van der Waals surface area (Å²) < 4.78 is 0. The first kappa shape index (κ1) is 11.9. The van der Waals surface area contributed by atoms with Crippen molar-refractivity contribution in [1.29, 1.82) is 0 Å². The maximum Gasteiger partial charge on any atom is 0.0753 e. The molecule has 0 radical (unpaired) electrons. The van der Waals surface area contributed by atoms with Gasteiger partial charge in [-0.15, -0.1) is 0 Å². The van der Waals surface area contributed by atoms with Gasteiger partial charge in [-0.1, -0.05) is 38.1 Å². The van der Waals surface area contributed by atoms with E-state index in [1.807, 2.05) is 24.4 Å². The van der Waals surface area contributed by atoms with Crippen molar-refractivity contribution in [3.05, 3.63) is 35.4 Å². The van der Waals surface area contributed by atoms with Crippen LogP contribution >= 0.6 is 0 Å². The highest BCUT2D eigenvalue weighted by atomic mass is 16.3. The number of hydrogen-bond acceptors (Lipinski definition) is 2. The number of rotatable bonds is 4. The number of aryl methyl sites for hydroxylation is 1. The van der Waals surface area contributed by atoms with Crippen molar-refractivity contribution in [2.45, 2.75) is 26.8 Å². The third-order valence-electron chi connectivity index (χ3n) is 2.55. The summed E-state index contributed by atoms with van der Waals surface area (Å²) in [4.78, 5) is 4.40. The van der Waals surface area contributed by atoms with Crippen LogP contribution in [0, 0.1) is 12.8 Å². The average Bonchev–Trinajstić information content (AvgIpc) is 2.21. The number of aliphatic imine (C=N–C) groups is 1. The molecule has 1 aromatic rings. The van der Waals surface area contributed by atoms with Crippen molar-refractivity contribution in [2.24, 2.45) is 10.9 Å². The van der Waals surface area contributed by atoms with Gasteiger partial charge in [0.15, 0.2) is 0 Å². The summed E-state index contributed by atoms with van der Waals surface area (Å²) in [6.07, 6.45) is 1.86. The molecule has 0 saturated heterocycles. The lowest BCUT2D eigenvalue weighted by atomic mass is 10.1. The third kappa shape index (κ3) is 3.48. The van der Waals surface area contributed by atoms with E-state index >= 15 is 0 Å². The molecule has 0 spiro atoms. The Labute approximate surface area is 91.7 Å². The highest BCUT2D eigenvalue weighted by Crippen LogP contribution is 2.08. The zero-order chi connectivity index (χ0) is 11.3. The Morgan fingerprint density at radius 1 is 1.33 bits per heavy atom. The summed E-state index contributed by atoms with van der Waals surface area (Å²) in [6.45, 7) is 6.30. The van der Waals surface area contributed by atoms with Crippen LogP contribution in [0.15, 0.2) is 29.3 Å². The molecule has 1 rings (SSSR count). The van der Waals surface area contributed by atoms with E-state index < -0.39 is 0 Å². The second-order valence-electron chi connectivity index (χ2n) is 4.13. The molecular formula is C13H19NO. The van der Waals surface area contributed by atoms with Gasteiger partial charge in [-0.25, -0.2) is 0 Å². The Morgan fingerprint density at radius 3 is 2.53 bits per heavy atom. The minimum Gasteiger partial charge on any atom is -0.394 e. The van der Waals surface area contributed by atoms with Crippen molar-refractivity contribution in [1.82, 2.24) is 0 Å². The molecule has 2 nitrogen and oxygen atoms in total. The smallest absolute Gasteiger partial charge is 0.0753 e. The fourth-order valence-electron chi connectivity index (χ4n) is 1.34. The zero-order valence-corrected chi connectivity index (χ0v) is 9.64. The number of benzene rings is 1. The molecule has 0 aliphatic rings. The van der Waals surface area contributed by atoms with E-state index in [1.54, 1.807) is 0 Å². The van der Waals surface area contributed by atoms with Crippen LogP contribution in [0.1, 0.15) is 25.0 Å². The monoisotopic (exact) mass is 205 g/mol. The molecule has 1 aromatic carbocycles. The van der Waals surface area contributed by atoms with E-state index in [4.69, 9.17) is 5.11 Å². The largest absolute Gasteiger partial charge is 0.394 e. The van der Waals surface area contributed by atoms with Crippen molar-refractivity contribution >= 4 is 6.21 Å². The minimum absolute atomic E-state index is 0.00426. The second-order valence-corrected chi connectivity index (χ2v) is 4.13. The Bertz CT molecular complexity index is 331. The lowest BCUT2D eigenvalue weighted by Crippen LogP contribution is -2.17. The van der Waals surface area contributed by atoms with Gasteiger partial charge in [-0.3, -0.25) is 4.99 Å². The van der Waals surface area contributed by atoms with E-state index in [9.17, 15) is 0 Å². The molecule has 82 valence electrons. The molecule has 0 amide bonds. The highest BCUT2D eigenvalue weighted by Gasteiger charge is 2.08. The van der Waals surface area contributed by atoms with Crippen molar-refractivity contribution in [3.8, 4) is 0 Å². The zero-order valence-electron chi connectivity index (χ0n) is 9.64. The molecule has 0 heterocycles. The van der Waals surface area contributed by atoms with Crippen LogP contribution in [0.3, 0.4) is 0 Å². The predicted octanol–water partition coefficient (Wildman–Crippen LogP) is 2.43. The topological polar surface area (TPSA) is 32.6 Å². The Hall–Kier alpha value is -1.15. The first-order valence-electron chi connectivity index (χ1n) is 5.34. The average molecular weight is 205 g/mol. The van der Waals surface area contributed by atoms with E-state index in [1.165, 1.54) is 5.56 Å². The van der Waals surface area contributed by atoms with E-state index in [0.29, 0.717) is 5.92 Å². The van der Waals surface area contributed by atoms with Gasteiger partial charge in [0.1, 0.15) is 0 Å². The number of hydrogen-bond donors (Lipinski definition) is 1. The normalized spacial score (nSPS) is 13.7. The fraction of sp³-hybridized carbons (Fsp3) is 0.462. The molecule has 0 aromatic heterocycles. The summed E-state index contributed by atoms with van der Waals surface area (Å²) in [7, 11) is 0. The fourth-order valence-corrected chi connectivity index (χ4v) is 1.34. The van der Waals surface area contributed by atoms with Crippen LogP contribution in [0.25, 0.3) is 0 Å². The van der Waals surface area contributed by atoms with Crippen LogP contribution in [0.5, 0.6) is 0 Å². The van der Waals surface area contributed by atoms with E-state index in [-0.39, 0.29) is 12.6 Å². The molecule has 0 aliphatic carbocycles. The quantitative estimate of drug-likeness (QED) is 0.752. The van der Waals surface area contributed by atoms with Gasteiger partial charge >= 0.3 is 0 Å². The van der Waals surface area contributed by atoms with Gasteiger partial charge in [0.25, 0.3) is 0 Å².